The number of methoxy groups -OCH3 is 1. The van der Waals surface area contributed by atoms with Gasteiger partial charge in [-0.15, -0.1) is 0 Å². The van der Waals surface area contributed by atoms with Gasteiger partial charge in [-0.3, -0.25) is 4.79 Å². The Labute approximate surface area is 160 Å². The Morgan fingerprint density at radius 1 is 1.22 bits per heavy atom. The van der Waals surface area contributed by atoms with Gasteiger partial charge in [0.05, 0.1) is 19.0 Å². The lowest BCUT2D eigenvalue weighted by molar-refractivity contribution is 0.0757. The third-order valence-electron chi connectivity index (χ3n) is 4.79. The summed E-state index contributed by atoms with van der Waals surface area (Å²) in [5.74, 6) is 1.30. The molecule has 0 spiro atoms. The highest BCUT2D eigenvalue weighted by molar-refractivity contribution is 5.96. The molecule has 3 heterocycles. The Bertz CT molecular complexity index is 763. The van der Waals surface area contributed by atoms with Crippen LogP contribution in [0.25, 0.3) is 0 Å². The van der Waals surface area contributed by atoms with Crippen molar-refractivity contribution < 1.29 is 9.53 Å². The number of aromatic nitrogens is 2. The Kier molecular flexibility index (Phi) is 6.11. The van der Waals surface area contributed by atoms with Crippen molar-refractivity contribution in [3.05, 3.63) is 42.2 Å². The number of amides is 1. The predicted molar refractivity (Wildman–Crippen MR) is 107 cm³/mol. The number of rotatable bonds is 5. The van der Waals surface area contributed by atoms with Gasteiger partial charge in [-0.1, -0.05) is 0 Å². The van der Waals surface area contributed by atoms with Crippen LogP contribution >= 0.6 is 0 Å². The van der Waals surface area contributed by atoms with Crippen molar-refractivity contribution in [1.29, 1.82) is 0 Å². The van der Waals surface area contributed by atoms with Gasteiger partial charge >= 0.3 is 0 Å². The minimum Gasteiger partial charge on any atom is -0.480 e. The number of pyridine rings is 2. The number of carbonyl (C=O) groups excluding carboxylic acids is 1. The number of likely N-dealkylation sites (tertiary alicyclic amines) is 1. The van der Waals surface area contributed by atoms with E-state index in [1.165, 1.54) is 7.11 Å². The first-order chi connectivity index (χ1) is 13.1. The molecule has 1 saturated heterocycles. The maximum Gasteiger partial charge on any atom is 0.259 e. The highest BCUT2D eigenvalue weighted by atomic mass is 16.5. The fourth-order valence-electron chi connectivity index (χ4n) is 3.30. The summed E-state index contributed by atoms with van der Waals surface area (Å²) in [5, 5.41) is 3.55. The zero-order valence-electron chi connectivity index (χ0n) is 16.2. The monoisotopic (exact) mass is 369 g/mol. The number of carbonyl (C=O) groups is 1. The molecule has 0 radical (unpaired) electrons. The van der Waals surface area contributed by atoms with E-state index in [4.69, 9.17) is 4.74 Å². The maximum absolute atomic E-state index is 12.9. The van der Waals surface area contributed by atoms with Crippen molar-refractivity contribution in [3.8, 4) is 5.88 Å². The van der Waals surface area contributed by atoms with E-state index < -0.39 is 0 Å². The Hall–Kier alpha value is -2.83. The second-order valence-electron chi connectivity index (χ2n) is 6.92. The average molecular weight is 369 g/mol. The molecule has 1 amide bonds. The lowest BCUT2D eigenvalue weighted by atomic mass is 10.1. The Morgan fingerprint density at radius 2 is 2.07 bits per heavy atom. The first-order valence-electron chi connectivity index (χ1n) is 9.26. The van der Waals surface area contributed by atoms with Crippen LogP contribution in [0, 0.1) is 0 Å². The van der Waals surface area contributed by atoms with E-state index in [9.17, 15) is 4.79 Å². The Morgan fingerprint density at radius 3 is 2.78 bits per heavy atom. The van der Waals surface area contributed by atoms with E-state index in [-0.39, 0.29) is 5.91 Å². The Balaban J connectivity index is 1.61. The van der Waals surface area contributed by atoms with Crippen LogP contribution in [0.5, 0.6) is 5.88 Å². The van der Waals surface area contributed by atoms with Crippen molar-refractivity contribution in [3.63, 3.8) is 0 Å². The maximum atomic E-state index is 12.9. The molecule has 0 bridgehead atoms. The minimum absolute atomic E-state index is 0.0161. The number of anilines is 2. The van der Waals surface area contributed by atoms with Crippen molar-refractivity contribution in [2.45, 2.75) is 25.3 Å². The van der Waals surface area contributed by atoms with Crippen LogP contribution < -0.4 is 15.0 Å². The summed E-state index contributed by atoms with van der Waals surface area (Å²) in [4.78, 5) is 25.3. The van der Waals surface area contributed by atoms with Gasteiger partial charge < -0.3 is 19.9 Å². The summed E-state index contributed by atoms with van der Waals surface area (Å²) in [6.45, 7) is 1.45. The lowest BCUT2D eigenvalue weighted by Crippen LogP contribution is -2.33. The van der Waals surface area contributed by atoms with Gasteiger partial charge in [0.25, 0.3) is 5.91 Å². The van der Waals surface area contributed by atoms with Gasteiger partial charge in [0.2, 0.25) is 5.88 Å². The number of hydrogen-bond donors (Lipinski definition) is 1. The van der Waals surface area contributed by atoms with Crippen molar-refractivity contribution in [2.75, 3.05) is 44.5 Å². The molecule has 1 aliphatic rings. The number of hydrogen-bond acceptors (Lipinski definition) is 6. The van der Waals surface area contributed by atoms with E-state index in [0.717, 1.165) is 37.3 Å². The molecule has 3 rings (SSSR count). The highest BCUT2D eigenvalue weighted by Crippen LogP contribution is 2.21. The molecule has 0 aliphatic carbocycles. The van der Waals surface area contributed by atoms with Gasteiger partial charge in [0.15, 0.2) is 0 Å². The zero-order chi connectivity index (χ0) is 19.2. The van der Waals surface area contributed by atoms with Crippen molar-refractivity contribution in [1.82, 2.24) is 14.9 Å². The third-order valence-corrected chi connectivity index (χ3v) is 4.79. The van der Waals surface area contributed by atoms with Crippen LogP contribution in [0.4, 0.5) is 11.5 Å². The summed E-state index contributed by atoms with van der Waals surface area (Å²) in [6, 6.07) is 7.92. The molecule has 1 N–H and O–H groups in total. The molecule has 7 heteroatoms. The molecule has 0 unspecified atom stereocenters. The van der Waals surface area contributed by atoms with Gasteiger partial charge in [-0.2, -0.15) is 0 Å². The zero-order valence-corrected chi connectivity index (χ0v) is 16.2. The molecule has 7 nitrogen and oxygen atoms in total. The summed E-state index contributed by atoms with van der Waals surface area (Å²) >= 11 is 0. The van der Waals surface area contributed by atoms with Crippen LogP contribution in [0.1, 0.15) is 29.6 Å². The SMILES string of the molecule is COc1ncccc1C(=O)N1CCC[C@H](Nc2ccc(N(C)C)nc2)CC1. The minimum atomic E-state index is -0.0161. The largest absolute Gasteiger partial charge is 0.480 e. The van der Waals surface area contributed by atoms with E-state index in [1.807, 2.05) is 36.2 Å². The standard InChI is InChI=1S/C20H27N5O2/c1-24(2)18-9-8-16(14-22-18)23-15-6-5-12-25(13-10-15)20(26)17-7-4-11-21-19(17)27-3/h4,7-9,11,14-15,23H,5-6,10,12-13H2,1-3H3/t15-/m0/s1. The van der Waals surface area contributed by atoms with E-state index in [2.05, 4.69) is 21.4 Å². The molecule has 2 aromatic rings. The molecular weight excluding hydrogens is 342 g/mol. The highest BCUT2D eigenvalue weighted by Gasteiger charge is 2.24. The van der Waals surface area contributed by atoms with Gasteiger partial charge in [-0.05, 0) is 43.5 Å². The second-order valence-corrected chi connectivity index (χ2v) is 6.92. The molecule has 1 aliphatic heterocycles. The fourth-order valence-corrected chi connectivity index (χ4v) is 3.30. The van der Waals surface area contributed by atoms with E-state index in [1.54, 1.807) is 18.3 Å². The topological polar surface area (TPSA) is 70.6 Å². The summed E-state index contributed by atoms with van der Waals surface area (Å²) in [7, 11) is 5.49. The van der Waals surface area contributed by atoms with Gasteiger partial charge in [-0.25, -0.2) is 9.97 Å². The number of ether oxygens (including phenoxy) is 1. The quantitative estimate of drug-likeness (QED) is 0.874. The lowest BCUT2D eigenvalue weighted by Gasteiger charge is -2.22. The van der Waals surface area contributed by atoms with Crippen LogP contribution in [-0.2, 0) is 0 Å². The molecule has 1 fully saturated rings. The fraction of sp³-hybridized carbons (Fsp3) is 0.450. The predicted octanol–water partition coefficient (Wildman–Crippen LogP) is 2.66. The molecule has 0 aromatic carbocycles. The van der Waals surface area contributed by atoms with E-state index in [0.29, 0.717) is 24.0 Å². The molecule has 0 saturated carbocycles. The van der Waals surface area contributed by atoms with Gasteiger partial charge in [0, 0.05) is 39.4 Å². The number of nitrogens with zero attached hydrogens (tertiary/aromatic N) is 4. The molecule has 1 atom stereocenters. The number of nitrogens with one attached hydrogen (secondary N) is 1. The molecule has 144 valence electrons. The molecular formula is C20H27N5O2. The van der Waals surface area contributed by atoms with Crippen molar-refractivity contribution >= 4 is 17.4 Å². The normalized spacial score (nSPS) is 17.1. The third kappa shape index (κ3) is 4.67. The smallest absolute Gasteiger partial charge is 0.259 e. The summed E-state index contributed by atoms with van der Waals surface area (Å²) < 4.78 is 5.23. The summed E-state index contributed by atoms with van der Waals surface area (Å²) in [5.41, 5.74) is 1.54. The second kappa shape index (κ2) is 8.70. The first kappa shape index (κ1) is 18.9. The summed E-state index contributed by atoms with van der Waals surface area (Å²) in [6.07, 6.45) is 6.36. The average Bonchev–Trinajstić information content (AvgIpc) is 2.93. The van der Waals surface area contributed by atoms with Crippen LogP contribution in [0.15, 0.2) is 36.7 Å². The van der Waals surface area contributed by atoms with E-state index >= 15 is 0 Å². The van der Waals surface area contributed by atoms with Gasteiger partial charge in [0.1, 0.15) is 11.4 Å². The van der Waals surface area contributed by atoms with Crippen LogP contribution in [0.3, 0.4) is 0 Å². The molecule has 27 heavy (non-hydrogen) atoms. The molecule has 2 aromatic heterocycles. The first-order valence-corrected chi connectivity index (χ1v) is 9.26. The van der Waals surface area contributed by atoms with Crippen LogP contribution in [0.2, 0.25) is 0 Å². The van der Waals surface area contributed by atoms with Crippen molar-refractivity contribution in [2.24, 2.45) is 0 Å². The van der Waals surface area contributed by atoms with Crippen LogP contribution in [-0.4, -0.2) is 61.1 Å².